The topological polar surface area (TPSA) is 72.7 Å². The Hall–Kier alpha value is -3.23. The molecule has 0 saturated carbocycles. The summed E-state index contributed by atoms with van der Waals surface area (Å²) in [7, 11) is 1.65. The summed E-state index contributed by atoms with van der Waals surface area (Å²) in [5.74, 6) is 0.743. The number of nitrogens with zero attached hydrogens (tertiary/aromatic N) is 3. The van der Waals surface area contributed by atoms with Gasteiger partial charge in [-0.15, -0.1) is 0 Å². The molecule has 2 N–H and O–H groups in total. The van der Waals surface area contributed by atoms with Gasteiger partial charge in [0, 0.05) is 31.3 Å². The summed E-state index contributed by atoms with van der Waals surface area (Å²) in [4.78, 5) is 9.46. The van der Waals surface area contributed by atoms with Crippen LogP contribution in [0.5, 0.6) is 5.75 Å². The van der Waals surface area contributed by atoms with Crippen molar-refractivity contribution >= 4 is 22.2 Å². The maximum Gasteiger partial charge on any atom is 0.140 e. The molecule has 0 unspecified atom stereocenters. The number of imidazole rings is 1. The molecule has 0 amide bonds. The first kappa shape index (κ1) is 20.7. The first-order chi connectivity index (χ1) is 15.7. The molecular weight excluding hydrogens is 409 g/mol. The number of piperidine rings is 1. The van der Waals surface area contributed by atoms with E-state index in [1.165, 1.54) is 0 Å². The number of ether oxygens (including phenoxy) is 2. The molecule has 2 atom stereocenters. The van der Waals surface area contributed by atoms with Gasteiger partial charge < -0.3 is 20.1 Å². The number of rotatable bonds is 7. The lowest BCUT2D eigenvalue weighted by Gasteiger charge is -2.28. The largest absolute Gasteiger partial charge is 0.491 e. The van der Waals surface area contributed by atoms with E-state index in [2.05, 4.69) is 15.6 Å². The molecule has 0 aliphatic carbocycles. The minimum Gasteiger partial charge on any atom is -0.491 e. The van der Waals surface area contributed by atoms with E-state index in [9.17, 15) is 4.39 Å². The van der Waals surface area contributed by atoms with Gasteiger partial charge in [-0.25, -0.2) is 14.4 Å². The molecule has 4 heterocycles. The van der Waals surface area contributed by atoms with Gasteiger partial charge in [0.2, 0.25) is 0 Å². The number of fused-ring (bicyclic) bond motifs is 2. The Bertz CT molecular complexity index is 1230. The van der Waals surface area contributed by atoms with Crippen LogP contribution in [0.15, 0.2) is 54.9 Å². The Labute approximate surface area is 185 Å². The van der Waals surface area contributed by atoms with Crippen LogP contribution in [0.4, 0.5) is 10.1 Å². The molecule has 0 bridgehead atoms. The number of benzene rings is 1. The van der Waals surface area contributed by atoms with Crippen molar-refractivity contribution in [1.29, 1.82) is 0 Å². The van der Waals surface area contributed by atoms with E-state index in [0.717, 1.165) is 52.3 Å². The zero-order valence-electron chi connectivity index (χ0n) is 17.9. The molecule has 1 aliphatic heterocycles. The van der Waals surface area contributed by atoms with Crippen LogP contribution in [0, 0.1) is 0 Å². The lowest BCUT2D eigenvalue weighted by molar-refractivity contribution is 0.146. The number of anilines is 1. The summed E-state index contributed by atoms with van der Waals surface area (Å²) in [6, 6.07) is 13.6. The van der Waals surface area contributed by atoms with E-state index in [0.29, 0.717) is 19.8 Å². The third-order valence-corrected chi connectivity index (χ3v) is 5.77. The van der Waals surface area contributed by atoms with Crippen LogP contribution in [-0.2, 0) is 4.74 Å². The Morgan fingerprint density at radius 2 is 2.16 bits per heavy atom. The number of hydrogen-bond acceptors (Lipinski definition) is 6. The number of alkyl halides is 1. The Balaban J connectivity index is 1.47. The van der Waals surface area contributed by atoms with Gasteiger partial charge in [-0.2, -0.15) is 0 Å². The third-order valence-electron chi connectivity index (χ3n) is 5.77. The summed E-state index contributed by atoms with van der Waals surface area (Å²) in [6.45, 7) is 2.20. The van der Waals surface area contributed by atoms with E-state index < -0.39 is 6.17 Å². The van der Waals surface area contributed by atoms with E-state index >= 15 is 0 Å². The smallest absolute Gasteiger partial charge is 0.140 e. The number of halogens is 1. The molecular formula is C24H26FN5O2. The van der Waals surface area contributed by atoms with Crippen molar-refractivity contribution in [1.82, 2.24) is 19.7 Å². The van der Waals surface area contributed by atoms with Crippen molar-refractivity contribution in [2.75, 3.05) is 38.7 Å². The van der Waals surface area contributed by atoms with Gasteiger partial charge >= 0.3 is 0 Å². The number of pyridine rings is 2. The van der Waals surface area contributed by atoms with Crippen molar-refractivity contribution in [3.05, 3.63) is 54.9 Å². The van der Waals surface area contributed by atoms with E-state index in [1.54, 1.807) is 7.11 Å². The molecule has 166 valence electrons. The van der Waals surface area contributed by atoms with E-state index in [1.807, 2.05) is 59.3 Å². The second-order valence-corrected chi connectivity index (χ2v) is 7.91. The summed E-state index contributed by atoms with van der Waals surface area (Å²) in [6.07, 6.45) is 3.54. The number of para-hydroxylation sites is 1. The maximum atomic E-state index is 14.4. The van der Waals surface area contributed by atoms with Crippen LogP contribution in [0.1, 0.15) is 6.42 Å². The van der Waals surface area contributed by atoms with Crippen molar-refractivity contribution < 1.29 is 13.9 Å². The summed E-state index contributed by atoms with van der Waals surface area (Å²) >= 11 is 0. The van der Waals surface area contributed by atoms with Crippen molar-refractivity contribution in [2.45, 2.75) is 18.6 Å². The molecule has 1 aliphatic rings. The highest BCUT2D eigenvalue weighted by atomic mass is 19.1. The van der Waals surface area contributed by atoms with Gasteiger partial charge in [-0.3, -0.25) is 4.40 Å². The average molecular weight is 436 g/mol. The quantitative estimate of drug-likeness (QED) is 0.432. The van der Waals surface area contributed by atoms with Gasteiger partial charge in [-0.05, 0) is 31.2 Å². The van der Waals surface area contributed by atoms with Crippen LogP contribution in [0.25, 0.3) is 27.9 Å². The monoisotopic (exact) mass is 435 g/mol. The van der Waals surface area contributed by atoms with Crippen LogP contribution in [0.2, 0.25) is 0 Å². The fraction of sp³-hybridized carbons (Fsp3) is 0.333. The first-order valence-electron chi connectivity index (χ1n) is 10.8. The molecule has 8 heteroatoms. The molecule has 5 rings (SSSR count). The van der Waals surface area contributed by atoms with Crippen molar-refractivity contribution in [3.63, 3.8) is 0 Å². The molecule has 3 aromatic heterocycles. The summed E-state index contributed by atoms with van der Waals surface area (Å²) < 4.78 is 27.1. The summed E-state index contributed by atoms with van der Waals surface area (Å²) in [5.41, 5.74) is 4.13. The minimum atomic E-state index is -0.929. The highest BCUT2D eigenvalue weighted by Gasteiger charge is 2.25. The molecule has 32 heavy (non-hydrogen) atoms. The maximum absolute atomic E-state index is 14.4. The first-order valence-corrected chi connectivity index (χ1v) is 10.8. The summed E-state index contributed by atoms with van der Waals surface area (Å²) in [5, 5.41) is 7.49. The zero-order valence-corrected chi connectivity index (χ0v) is 17.9. The standard InChI is InChI=1S/C24H26FN5O2/c1-31-11-12-32-17-8-10-30-22(15-27-23(30)13-17)20-6-5-16-3-2-4-21(24(16)29-20)28-19-7-9-26-14-18(19)25/h2-6,8,10,13,15,18-19,26,28H,7,9,11-12,14H2,1H3/t18-,19+/m0/s1. The Kier molecular flexibility index (Phi) is 5.87. The second-order valence-electron chi connectivity index (χ2n) is 7.91. The average Bonchev–Trinajstić information content (AvgIpc) is 3.24. The number of aromatic nitrogens is 3. The molecule has 0 radical (unpaired) electrons. The van der Waals surface area contributed by atoms with Gasteiger partial charge in [0.05, 0.1) is 41.4 Å². The second kappa shape index (κ2) is 9.10. The van der Waals surface area contributed by atoms with E-state index in [-0.39, 0.29) is 6.04 Å². The number of methoxy groups -OCH3 is 1. The number of hydrogen-bond donors (Lipinski definition) is 2. The molecule has 1 aromatic carbocycles. The highest BCUT2D eigenvalue weighted by Crippen LogP contribution is 2.28. The van der Waals surface area contributed by atoms with Crippen LogP contribution < -0.4 is 15.4 Å². The normalized spacial score (nSPS) is 18.8. The highest BCUT2D eigenvalue weighted by molar-refractivity contribution is 5.92. The number of nitrogens with one attached hydrogen (secondary N) is 2. The Morgan fingerprint density at radius 3 is 3.03 bits per heavy atom. The molecule has 4 aromatic rings. The van der Waals surface area contributed by atoms with E-state index in [4.69, 9.17) is 14.5 Å². The zero-order chi connectivity index (χ0) is 21.9. The van der Waals surface area contributed by atoms with Crippen LogP contribution in [-0.4, -0.2) is 60.0 Å². The minimum absolute atomic E-state index is 0.223. The molecule has 7 nitrogen and oxygen atoms in total. The van der Waals surface area contributed by atoms with Crippen LogP contribution >= 0.6 is 0 Å². The SMILES string of the molecule is COCCOc1ccn2c(-c3ccc4cccc(N[C@@H]5CCNC[C@@H]5F)c4n3)cnc2c1. The Morgan fingerprint density at radius 1 is 1.22 bits per heavy atom. The molecule has 0 spiro atoms. The van der Waals surface area contributed by atoms with Gasteiger partial charge in [0.25, 0.3) is 0 Å². The predicted octanol–water partition coefficient (Wildman–Crippen LogP) is 3.69. The third kappa shape index (κ3) is 4.11. The molecule has 1 saturated heterocycles. The fourth-order valence-electron chi connectivity index (χ4n) is 4.07. The van der Waals surface area contributed by atoms with Crippen LogP contribution in [0.3, 0.4) is 0 Å². The van der Waals surface area contributed by atoms with Gasteiger partial charge in [0.15, 0.2) is 0 Å². The predicted molar refractivity (Wildman–Crippen MR) is 123 cm³/mol. The van der Waals surface area contributed by atoms with Crippen molar-refractivity contribution in [3.8, 4) is 17.1 Å². The lowest BCUT2D eigenvalue weighted by Crippen LogP contribution is -2.45. The fourth-order valence-corrected chi connectivity index (χ4v) is 4.07. The van der Waals surface area contributed by atoms with Gasteiger partial charge in [0.1, 0.15) is 24.2 Å². The van der Waals surface area contributed by atoms with Crippen molar-refractivity contribution in [2.24, 2.45) is 0 Å². The molecule has 1 fully saturated rings. The lowest BCUT2D eigenvalue weighted by atomic mass is 10.0. The van der Waals surface area contributed by atoms with Gasteiger partial charge in [-0.1, -0.05) is 18.2 Å².